The number of rotatable bonds is 23. The molecule has 2 heterocycles. The van der Waals surface area contributed by atoms with Crippen LogP contribution in [-0.2, 0) is 0 Å². The van der Waals surface area contributed by atoms with Crippen molar-refractivity contribution in [1.29, 1.82) is 5.26 Å². The molecule has 3 aliphatic rings. The first-order valence-corrected chi connectivity index (χ1v) is 33.4. The van der Waals surface area contributed by atoms with E-state index in [4.69, 9.17) is 31.3 Å². The number of aryl methyl sites for hydroxylation is 3. The van der Waals surface area contributed by atoms with E-state index in [9.17, 15) is 28.8 Å². The molecule has 11 rings (SSSR count). The average molecular weight is 1350 g/mol. The first kappa shape index (κ1) is 78.4. The van der Waals surface area contributed by atoms with Crippen LogP contribution in [0.15, 0.2) is 156 Å². The Morgan fingerprint density at radius 1 is 0.561 bits per heavy atom. The lowest BCUT2D eigenvalue weighted by Crippen LogP contribution is -2.56. The van der Waals surface area contributed by atoms with Crippen molar-refractivity contribution in [3.8, 4) is 29.2 Å². The summed E-state index contributed by atoms with van der Waals surface area (Å²) in [5.74, 6) is 3.41. The van der Waals surface area contributed by atoms with Gasteiger partial charge in [0.2, 0.25) is 29.1 Å². The molecule has 518 valence electrons. The number of nitrogens with zero attached hydrogens (tertiary/aromatic N) is 5. The fourth-order valence-corrected chi connectivity index (χ4v) is 9.55. The third-order valence-corrected chi connectivity index (χ3v) is 16.1. The van der Waals surface area contributed by atoms with Crippen molar-refractivity contribution in [2.75, 3.05) is 43.0 Å². The van der Waals surface area contributed by atoms with Crippen LogP contribution < -0.4 is 48.2 Å². The summed E-state index contributed by atoms with van der Waals surface area (Å²) in [6, 6.07) is 45.9. The first-order chi connectivity index (χ1) is 46.3. The topological polar surface area (TPSA) is 328 Å². The van der Waals surface area contributed by atoms with Crippen molar-refractivity contribution in [2.24, 2.45) is 0 Å². The molecule has 0 unspecified atom stereocenters. The van der Waals surface area contributed by atoms with E-state index in [2.05, 4.69) is 37.4 Å². The molecular weight excluding hydrogens is 1260 g/mol. The number of thioether (sulfide) groups is 1. The van der Waals surface area contributed by atoms with Gasteiger partial charge in [0, 0.05) is 63.0 Å². The number of nitrogens with two attached hydrogens (primary N) is 2. The number of ether oxygens (including phenoxy) is 2. The number of nitrogen functional groups attached to an aromatic ring is 2. The van der Waals surface area contributed by atoms with Gasteiger partial charge in [-0.25, -0.2) is 14.8 Å². The van der Waals surface area contributed by atoms with E-state index in [1.165, 1.54) is 21.1 Å². The summed E-state index contributed by atoms with van der Waals surface area (Å²) < 4.78 is 14.5. The van der Waals surface area contributed by atoms with Gasteiger partial charge in [0.15, 0.2) is 0 Å². The Labute approximate surface area is 579 Å². The second-order valence-corrected chi connectivity index (χ2v) is 24.2. The van der Waals surface area contributed by atoms with Crippen LogP contribution in [0, 0.1) is 32.1 Å². The van der Waals surface area contributed by atoms with E-state index < -0.39 is 0 Å². The monoisotopic (exact) mass is 1350 g/mol. The van der Waals surface area contributed by atoms with Crippen LogP contribution in [0.4, 0.5) is 17.3 Å². The minimum absolute atomic E-state index is 0. The number of nitriles is 1. The van der Waals surface area contributed by atoms with Gasteiger partial charge in [-0.15, -0.1) is 22.0 Å². The Bertz CT molecular complexity index is 3900. The second-order valence-electron chi connectivity index (χ2n) is 23.2. The summed E-state index contributed by atoms with van der Waals surface area (Å²) in [7, 11) is 0. The van der Waals surface area contributed by atoms with Gasteiger partial charge >= 0.3 is 0 Å². The SMILES string of the molecule is C.C.CCCO.CCCOc1nn(-c2cc(C(=O)NC3CC3)ccc2C)c(N)c1C(=O)c1ccccc1.CCCOc1nn(-c2cc(C(=O)NC3CC3)ccc2C)c(N)c1C(=O)c1ccccc1.CS/C(C)=C(\C#N)C(=O)c1ccccc1.Cc1ccc(C(=O)NC2CC2)cc1N[NH3+]. The zero-order valence-corrected chi connectivity index (χ0v) is 56.6. The Morgan fingerprint density at radius 3 is 1.22 bits per heavy atom. The number of ketones is 3. The van der Waals surface area contributed by atoms with Crippen LogP contribution in [0.25, 0.3) is 11.4 Å². The number of aliphatic hydroxyl groups excluding tert-OH is 1. The van der Waals surface area contributed by atoms with E-state index in [0.717, 1.165) is 85.1 Å². The van der Waals surface area contributed by atoms with Gasteiger partial charge in [0.05, 0.1) is 30.3 Å². The zero-order valence-electron chi connectivity index (χ0n) is 55.8. The summed E-state index contributed by atoms with van der Waals surface area (Å²) >= 11 is 1.42. The van der Waals surface area contributed by atoms with Gasteiger partial charge in [0.1, 0.15) is 34.4 Å². The van der Waals surface area contributed by atoms with Gasteiger partial charge in [-0.1, -0.05) is 145 Å². The molecule has 0 radical (unpaired) electrons. The van der Waals surface area contributed by atoms with Gasteiger partial charge in [0.25, 0.3) is 17.7 Å². The number of quaternary nitrogens is 1. The third-order valence-electron chi connectivity index (χ3n) is 15.3. The van der Waals surface area contributed by atoms with Crippen LogP contribution >= 0.6 is 11.8 Å². The maximum Gasteiger partial charge on any atom is 0.251 e. The fraction of sp³-hybridized carbons (Fsp3) is 0.329. The molecule has 2 aromatic heterocycles. The molecule has 21 nitrogen and oxygen atoms in total. The van der Waals surface area contributed by atoms with Crippen molar-refractivity contribution in [2.45, 2.75) is 139 Å². The molecule has 3 saturated carbocycles. The smallest absolute Gasteiger partial charge is 0.251 e. The minimum Gasteiger partial charge on any atom is -0.476 e. The third kappa shape index (κ3) is 21.6. The fourth-order valence-electron chi connectivity index (χ4n) is 9.21. The number of aromatic nitrogens is 4. The average Bonchev–Trinajstić information content (AvgIpc) is 1.63. The number of benzene rings is 6. The standard InChI is InChI=1S/2C24H26N4O3.C12H11NOS.C11H15N3O.C3H8O.2CH4/c2*1-3-13-31-24-20(21(29)16-7-5-4-6-8-16)22(25)28(27-24)19-14-17(10-9-15(19)2)23(30)26-18-11-12-18;1-9(15-2)11(8-13)12(14)10-6-4-3-5-7-10;1-7-2-3-8(6-10(7)14-12)11(15)13-9-4-5-9;1-2-3-4;;/h2*4-10,14,18H,3,11-13,25H2,1-2H3,(H,26,30);3-7H,1-2H3;2-3,6,9,14H,4-5,12H2,1H3,(H,13,15);4H,2-3H2,1H3;2*1H4/p+1/b;;11-9+;;;;. The van der Waals surface area contributed by atoms with Crippen molar-refractivity contribution < 1.29 is 49.2 Å². The summed E-state index contributed by atoms with van der Waals surface area (Å²) in [4.78, 5) is 75.8. The molecule has 0 aliphatic heterocycles. The van der Waals surface area contributed by atoms with Crippen LogP contribution in [0.2, 0.25) is 0 Å². The lowest BCUT2D eigenvalue weighted by molar-refractivity contribution is -0.325. The van der Waals surface area contributed by atoms with E-state index in [-0.39, 0.29) is 102 Å². The van der Waals surface area contributed by atoms with Gasteiger partial charge in [-0.05, 0) is 145 Å². The van der Waals surface area contributed by atoms with E-state index >= 15 is 0 Å². The number of carbonyl (C=O) groups excluding carboxylic acids is 6. The number of carbonyl (C=O) groups is 6. The number of allylic oxidation sites excluding steroid dienone is 2. The number of hydrogen-bond acceptors (Lipinski definition) is 16. The van der Waals surface area contributed by atoms with Gasteiger partial charge in [-0.2, -0.15) is 5.26 Å². The highest BCUT2D eigenvalue weighted by Crippen LogP contribution is 2.34. The number of hydrogen-bond donors (Lipinski definition) is 8. The maximum atomic E-state index is 13.2. The predicted octanol–water partition coefficient (Wildman–Crippen LogP) is 12.5. The molecule has 0 bridgehead atoms. The molecule has 22 heteroatoms. The quantitative estimate of drug-likeness (QED) is 0.0128. The molecule has 12 N–H and O–H groups in total. The van der Waals surface area contributed by atoms with Crippen LogP contribution in [0.1, 0.15) is 190 Å². The number of nitrogens with one attached hydrogen (secondary N) is 4. The molecule has 3 fully saturated rings. The predicted molar refractivity (Wildman–Crippen MR) is 389 cm³/mol. The minimum atomic E-state index is -0.254. The molecule has 3 aliphatic carbocycles. The highest BCUT2D eigenvalue weighted by atomic mass is 32.2. The summed E-state index contributed by atoms with van der Waals surface area (Å²) in [6.45, 7) is 14.6. The lowest BCUT2D eigenvalue weighted by Gasteiger charge is -2.11. The number of Topliss-reactive ketones (excluding diaryl/α,β-unsaturated/α-hetero) is 1. The Hall–Kier alpha value is -10.3. The Kier molecular flexibility index (Phi) is 30.7. The number of aliphatic hydroxyl groups is 1. The molecule has 6 aromatic carbocycles. The van der Waals surface area contributed by atoms with Crippen molar-refractivity contribution in [1.82, 2.24) is 35.5 Å². The van der Waals surface area contributed by atoms with Crippen molar-refractivity contribution in [3.63, 3.8) is 0 Å². The molecule has 3 amide bonds. The molecule has 0 saturated heterocycles. The van der Waals surface area contributed by atoms with E-state index in [1.54, 1.807) is 104 Å². The normalized spacial score (nSPS) is 12.6. The van der Waals surface area contributed by atoms with E-state index in [0.29, 0.717) is 70.6 Å². The van der Waals surface area contributed by atoms with Crippen LogP contribution in [0.5, 0.6) is 11.8 Å². The number of amides is 3. The number of anilines is 3. The molecule has 98 heavy (non-hydrogen) atoms. The zero-order chi connectivity index (χ0) is 69.4. The highest BCUT2D eigenvalue weighted by molar-refractivity contribution is 8.02. The molecule has 0 atom stereocenters. The maximum absolute atomic E-state index is 13.2. The Morgan fingerprint density at radius 2 is 0.908 bits per heavy atom. The largest absolute Gasteiger partial charge is 0.476 e. The summed E-state index contributed by atoms with van der Waals surface area (Å²) in [6.07, 6.45) is 10.5. The van der Waals surface area contributed by atoms with Crippen LogP contribution in [0.3, 0.4) is 0 Å². The first-order valence-electron chi connectivity index (χ1n) is 32.2. The van der Waals surface area contributed by atoms with Crippen LogP contribution in [-0.4, -0.2) is 104 Å². The second kappa shape index (κ2) is 38.4. The lowest BCUT2D eigenvalue weighted by atomic mass is 10.0. The summed E-state index contributed by atoms with van der Waals surface area (Å²) in [5, 5.41) is 34.8. The van der Waals surface area contributed by atoms with Gasteiger partial charge < -0.3 is 42.0 Å². The molecule has 8 aromatic rings. The van der Waals surface area contributed by atoms with Gasteiger partial charge in [-0.3, -0.25) is 34.6 Å². The molecular formula is C76H95N12O9S+. The highest BCUT2D eigenvalue weighted by Gasteiger charge is 2.30. The molecule has 0 spiro atoms. The van der Waals surface area contributed by atoms with Crippen molar-refractivity contribution >= 4 is 64.2 Å². The Balaban J connectivity index is 0.000000241. The summed E-state index contributed by atoms with van der Waals surface area (Å²) in [5.41, 5.74) is 24.7. The van der Waals surface area contributed by atoms with Crippen molar-refractivity contribution in [3.05, 3.63) is 217 Å². The van der Waals surface area contributed by atoms with E-state index in [1.807, 2.05) is 102 Å².